The molecule has 3 heteroatoms. The van der Waals surface area contributed by atoms with Crippen LogP contribution in [-0.4, -0.2) is 14.7 Å². The van der Waals surface area contributed by atoms with Crippen LogP contribution >= 0.6 is 0 Å². The van der Waals surface area contributed by atoms with E-state index in [-0.39, 0.29) is 4.90 Å². The van der Waals surface area contributed by atoms with Crippen LogP contribution in [0.4, 0.5) is 0 Å². The lowest BCUT2D eigenvalue weighted by Crippen LogP contribution is -1.97. The molecule has 2 aromatic carbocycles. The molecule has 0 unspecified atom stereocenters. The van der Waals surface area contributed by atoms with Crippen LogP contribution in [0.1, 0.15) is 0 Å². The van der Waals surface area contributed by atoms with Crippen LogP contribution in [0.15, 0.2) is 41.3 Å². The minimum atomic E-state index is -3.18. The van der Waals surface area contributed by atoms with Crippen LogP contribution < -0.4 is 0 Å². The maximum Gasteiger partial charge on any atom is 0.176 e. The molecule has 0 atom stereocenters. The number of hydrogen-bond acceptors (Lipinski definition) is 2. The second-order valence-corrected chi connectivity index (χ2v) is 5.12. The Labute approximate surface area is 83.1 Å². The fourth-order valence-corrected chi connectivity index (χ4v) is 2.31. The van der Waals surface area contributed by atoms with E-state index in [9.17, 15) is 8.42 Å². The first-order valence-electron chi connectivity index (χ1n) is 4.18. The highest BCUT2D eigenvalue weighted by Gasteiger charge is 2.10. The molecule has 2 rings (SSSR count). The number of sulfone groups is 1. The normalized spacial score (nSPS) is 11.8. The third-order valence-corrected chi connectivity index (χ3v) is 3.13. The highest BCUT2D eigenvalue weighted by atomic mass is 32.2. The predicted octanol–water partition coefficient (Wildman–Crippen LogP) is 2.04. The molecule has 14 heavy (non-hydrogen) atoms. The molecular formula is C11H9O2S. The van der Waals surface area contributed by atoms with Crippen molar-refractivity contribution in [3.8, 4) is 0 Å². The van der Waals surface area contributed by atoms with Gasteiger partial charge in [0.2, 0.25) is 0 Å². The van der Waals surface area contributed by atoms with Crippen LogP contribution in [0.3, 0.4) is 0 Å². The van der Waals surface area contributed by atoms with E-state index < -0.39 is 9.84 Å². The zero-order valence-electron chi connectivity index (χ0n) is 7.69. The fraction of sp³-hybridized carbons (Fsp3) is 0.0909. The molecule has 71 valence electrons. The first kappa shape index (κ1) is 9.21. The summed E-state index contributed by atoms with van der Waals surface area (Å²) in [5, 5.41) is 1.66. The van der Waals surface area contributed by atoms with Crippen LogP contribution in [0.25, 0.3) is 10.8 Å². The zero-order valence-corrected chi connectivity index (χ0v) is 8.51. The minimum Gasteiger partial charge on any atom is -0.224 e. The summed E-state index contributed by atoms with van der Waals surface area (Å²) in [7, 11) is -3.18. The number of benzene rings is 2. The van der Waals surface area contributed by atoms with Gasteiger partial charge in [-0.1, -0.05) is 36.4 Å². The third-order valence-electron chi connectivity index (χ3n) is 2.05. The van der Waals surface area contributed by atoms with Gasteiger partial charge >= 0.3 is 0 Å². The smallest absolute Gasteiger partial charge is 0.176 e. The van der Waals surface area contributed by atoms with Crippen molar-refractivity contribution in [2.45, 2.75) is 4.90 Å². The van der Waals surface area contributed by atoms with Crippen LogP contribution in [0, 0.1) is 6.07 Å². The molecule has 2 aromatic rings. The van der Waals surface area contributed by atoms with Crippen molar-refractivity contribution in [1.29, 1.82) is 0 Å². The summed E-state index contributed by atoms with van der Waals surface area (Å²) in [6.07, 6.45) is 1.20. The Morgan fingerprint density at radius 3 is 2.57 bits per heavy atom. The average molecular weight is 205 g/mol. The van der Waals surface area contributed by atoms with Gasteiger partial charge in [0, 0.05) is 17.7 Å². The van der Waals surface area contributed by atoms with Crippen molar-refractivity contribution >= 4 is 20.6 Å². The van der Waals surface area contributed by atoms with Crippen LogP contribution in [0.5, 0.6) is 0 Å². The van der Waals surface area contributed by atoms with E-state index in [0.29, 0.717) is 0 Å². The highest BCUT2D eigenvalue weighted by molar-refractivity contribution is 7.91. The molecule has 0 spiro atoms. The van der Waals surface area contributed by atoms with Crippen molar-refractivity contribution in [3.05, 3.63) is 42.5 Å². The van der Waals surface area contributed by atoms with E-state index >= 15 is 0 Å². The minimum absolute atomic E-state index is 0.274. The SMILES string of the molecule is CS(=O)(=O)c1[c]ccc2ccccc12. The van der Waals surface area contributed by atoms with Gasteiger partial charge in [-0.25, -0.2) is 8.42 Å². The van der Waals surface area contributed by atoms with E-state index in [1.807, 2.05) is 24.3 Å². The Hall–Kier alpha value is -1.35. The summed E-state index contributed by atoms with van der Waals surface area (Å²) in [4.78, 5) is 0.274. The second kappa shape index (κ2) is 3.10. The quantitative estimate of drug-likeness (QED) is 0.714. The van der Waals surface area contributed by atoms with E-state index in [2.05, 4.69) is 6.07 Å². The standard InChI is InChI=1S/C11H9O2S/c1-14(12,13)11-8-4-6-9-5-2-3-7-10(9)11/h2-7H,1H3. The maximum absolute atomic E-state index is 11.4. The second-order valence-electron chi connectivity index (χ2n) is 3.17. The van der Waals surface area contributed by atoms with E-state index in [0.717, 1.165) is 10.8 Å². The fourth-order valence-electron chi connectivity index (χ4n) is 1.44. The first-order valence-corrected chi connectivity index (χ1v) is 6.08. The summed E-state index contributed by atoms with van der Waals surface area (Å²) < 4.78 is 22.8. The largest absolute Gasteiger partial charge is 0.224 e. The van der Waals surface area contributed by atoms with Crippen molar-refractivity contribution in [3.63, 3.8) is 0 Å². The summed E-state index contributed by atoms with van der Waals surface area (Å²) in [6, 6.07) is 13.6. The van der Waals surface area contributed by atoms with Gasteiger partial charge in [0.1, 0.15) is 0 Å². The van der Waals surface area contributed by atoms with Gasteiger partial charge in [-0.05, 0) is 5.39 Å². The van der Waals surface area contributed by atoms with Crippen molar-refractivity contribution < 1.29 is 8.42 Å². The number of rotatable bonds is 1. The molecular weight excluding hydrogens is 196 g/mol. The van der Waals surface area contributed by atoms with Crippen molar-refractivity contribution in [2.75, 3.05) is 6.26 Å². The molecule has 0 fully saturated rings. The van der Waals surface area contributed by atoms with Crippen molar-refractivity contribution in [1.82, 2.24) is 0 Å². The summed E-state index contributed by atoms with van der Waals surface area (Å²) in [5.41, 5.74) is 0. The van der Waals surface area contributed by atoms with Gasteiger partial charge in [-0.2, -0.15) is 0 Å². The Morgan fingerprint density at radius 2 is 1.86 bits per heavy atom. The third kappa shape index (κ3) is 1.51. The summed E-state index contributed by atoms with van der Waals surface area (Å²) in [5.74, 6) is 0. The lowest BCUT2D eigenvalue weighted by molar-refractivity contribution is 0.602. The molecule has 0 aromatic heterocycles. The molecule has 0 aliphatic carbocycles. The topological polar surface area (TPSA) is 34.1 Å². The number of fused-ring (bicyclic) bond motifs is 1. The summed E-state index contributed by atoms with van der Waals surface area (Å²) in [6.45, 7) is 0. The van der Waals surface area contributed by atoms with Crippen LogP contribution in [-0.2, 0) is 9.84 Å². The van der Waals surface area contributed by atoms with Gasteiger partial charge in [-0.15, -0.1) is 0 Å². The molecule has 0 aliphatic heterocycles. The molecule has 0 amide bonds. The molecule has 1 radical (unpaired) electrons. The van der Waals surface area contributed by atoms with Gasteiger partial charge < -0.3 is 0 Å². The van der Waals surface area contributed by atoms with Gasteiger partial charge in [0.05, 0.1) is 4.90 Å². The Balaban J connectivity index is 2.92. The molecule has 0 heterocycles. The van der Waals surface area contributed by atoms with Gasteiger partial charge in [-0.3, -0.25) is 0 Å². The molecule has 0 saturated heterocycles. The maximum atomic E-state index is 11.4. The Morgan fingerprint density at radius 1 is 1.14 bits per heavy atom. The average Bonchev–Trinajstić information content (AvgIpc) is 2.15. The molecule has 2 nitrogen and oxygen atoms in total. The zero-order chi connectivity index (χ0) is 10.2. The van der Waals surface area contributed by atoms with Crippen molar-refractivity contribution in [2.24, 2.45) is 0 Å². The monoisotopic (exact) mass is 205 g/mol. The molecule has 0 N–H and O–H groups in total. The van der Waals surface area contributed by atoms with Crippen LogP contribution in [0.2, 0.25) is 0 Å². The lowest BCUT2D eigenvalue weighted by Gasteiger charge is -2.02. The molecule has 0 bridgehead atoms. The number of hydrogen-bond donors (Lipinski definition) is 0. The van der Waals surface area contributed by atoms with E-state index in [1.54, 1.807) is 12.1 Å². The van der Waals surface area contributed by atoms with E-state index in [1.165, 1.54) is 6.26 Å². The Kier molecular flexibility index (Phi) is 2.04. The first-order chi connectivity index (χ1) is 6.59. The lowest BCUT2D eigenvalue weighted by atomic mass is 10.1. The van der Waals surface area contributed by atoms with Gasteiger partial charge in [0.15, 0.2) is 9.84 Å². The van der Waals surface area contributed by atoms with Gasteiger partial charge in [0.25, 0.3) is 0 Å². The molecule has 0 aliphatic rings. The summed E-state index contributed by atoms with van der Waals surface area (Å²) >= 11 is 0. The molecule has 0 saturated carbocycles. The Bertz CT molecular complexity index is 565. The highest BCUT2D eigenvalue weighted by Crippen LogP contribution is 2.21. The predicted molar refractivity (Wildman–Crippen MR) is 55.9 cm³/mol. The van der Waals surface area contributed by atoms with E-state index in [4.69, 9.17) is 0 Å².